The van der Waals surface area contributed by atoms with Crippen LogP contribution < -0.4 is 19.9 Å². The van der Waals surface area contributed by atoms with Gasteiger partial charge in [0.2, 0.25) is 0 Å². The van der Waals surface area contributed by atoms with E-state index >= 15 is 0 Å². The van der Waals surface area contributed by atoms with Crippen molar-refractivity contribution < 1.29 is 19.4 Å². The van der Waals surface area contributed by atoms with E-state index in [4.69, 9.17) is 9.72 Å². The zero-order valence-corrected chi connectivity index (χ0v) is 19.8. The molecule has 36 heavy (non-hydrogen) atoms. The molecule has 8 heteroatoms. The van der Waals surface area contributed by atoms with Crippen molar-refractivity contribution in [3.05, 3.63) is 90.0 Å². The number of hydrogen-bond acceptors (Lipinski definition) is 6. The number of pyridine rings is 1. The second-order valence-electron chi connectivity index (χ2n) is 8.56. The van der Waals surface area contributed by atoms with Gasteiger partial charge in [0.1, 0.15) is 11.6 Å². The molecule has 4 aromatic rings. The number of amides is 1. The summed E-state index contributed by atoms with van der Waals surface area (Å²) in [5, 5.41) is 13.3. The average Bonchev–Trinajstić information content (AvgIpc) is 2.93. The third-order valence-electron chi connectivity index (χ3n) is 6.34. The zero-order valence-electron chi connectivity index (χ0n) is 19.8. The molecule has 1 fully saturated rings. The van der Waals surface area contributed by atoms with Crippen molar-refractivity contribution in [2.24, 2.45) is 0 Å². The van der Waals surface area contributed by atoms with E-state index in [2.05, 4.69) is 21.2 Å². The van der Waals surface area contributed by atoms with Gasteiger partial charge in [0, 0.05) is 54.6 Å². The Morgan fingerprint density at radius 1 is 0.889 bits per heavy atom. The lowest BCUT2D eigenvalue weighted by Gasteiger charge is -2.37. The molecule has 3 aromatic carbocycles. The fraction of sp³-hybridized carbons (Fsp3) is 0.179. The number of nitrogens with zero attached hydrogens (tertiary/aromatic N) is 3. The van der Waals surface area contributed by atoms with Crippen LogP contribution in [0, 0.1) is 0 Å². The van der Waals surface area contributed by atoms with Crippen LogP contribution in [0.1, 0.15) is 20.7 Å². The van der Waals surface area contributed by atoms with Gasteiger partial charge in [-0.2, -0.15) is 0 Å². The van der Waals surface area contributed by atoms with E-state index in [0.29, 0.717) is 41.1 Å². The second kappa shape index (κ2) is 9.95. The van der Waals surface area contributed by atoms with Crippen molar-refractivity contribution in [2.75, 3.05) is 48.4 Å². The van der Waals surface area contributed by atoms with E-state index in [1.54, 1.807) is 55.6 Å². The van der Waals surface area contributed by atoms with E-state index in [0.717, 1.165) is 24.5 Å². The first kappa shape index (κ1) is 23.2. The summed E-state index contributed by atoms with van der Waals surface area (Å²) in [6.45, 7) is 2.97. The Bertz CT molecular complexity index is 1420. The molecular weight excluding hydrogens is 456 g/mol. The molecule has 1 amide bonds. The van der Waals surface area contributed by atoms with Crippen molar-refractivity contribution in [3.63, 3.8) is 0 Å². The third-order valence-corrected chi connectivity index (χ3v) is 6.34. The monoisotopic (exact) mass is 482 g/mol. The summed E-state index contributed by atoms with van der Waals surface area (Å²) in [4.78, 5) is 33.8. The fourth-order valence-electron chi connectivity index (χ4n) is 4.42. The molecule has 0 atom stereocenters. The maximum atomic E-state index is 12.5. The number of piperazine rings is 1. The number of aromatic nitrogens is 1. The van der Waals surface area contributed by atoms with Crippen LogP contribution >= 0.6 is 0 Å². The lowest BCUT2D eigenvalue weighted by molar-refractivity contribution is 0.0698. The number of anilines is 3. The van der Waals surface area contributed by atoms with Crippen LogP contribution in [0.15, 0.2) is 78.9 Å². The third kappa shape index (κ3) is 4.79. The Morgan fingerprint density at radius 2 is 1.64 bits per heavy atom. The number of carboxylic acid groups (broad SMARTS) is 1. The minimum atomic E-state index is -1.04. The smallest absolute Gasteiger partial charge is 0.336 e. The van der Waals surface area contributed by atoms with Gasteiger partial charge in [0.05, 0.1) is 18.2 Å². The summed E-state index contributed by atoms with van der Waals surface area (Å²) in [5.41, 5.74) is 2.86. The normalized spacial score (nSPS) is 13.5. The van der Waals surface area contributed by atoms with E-state index < -0.39 is 5.97 Å². The quantitative estimate of drug-likeness (QED) is 0.417. The molecule has 0 aliphatic carbocycles. The summed E-state index contributed by atoms with van der Waals surface area (Å²) in [6.07, 6.45) is 0. The molecule has 1 aliphatic rings. The number of nitrogens with one attached hydrogen (secondary N) is 1. The SMILES string of the molecule is COc1cccc(N2CCN(c3cc(C(=O)O)c4cc(NC(=O)c5ccccc5)ccc4n3)CC2)c1. The minimum absolute atomic E-state index is 0.154. The first-order chi connectivity index (χ1) is 17.5. The first-order valence-corrected chi connectivity index (χ1v) is 11.7. The Balaban J connectivity index is 1.37. The van der Waals surface area contributed by atoms with Crippen LogP contribution in [0.25, 0.3) is 10.9 Å². The van der Waals surface area contributed by atoms with Gasteiger partial charge in [-0.3, -0.25) is 4.79 Å². The zero-order chi connectivity index (χ0) is 25.1. The molecule has 0 spiro atoms. The van der Waals surface area contributed by atoms with Crippen LogP contribution in [0.5, 0.6) is 5.75 Å². The average molecular weight is 483 g/mol. The predicted octanol–water partition coefficient (Wildman–Crippen LogP) is 4.52. The number of hydrogen-bond donors (Lipinski definition) is 2. The Kier molecular flexibility index (Phi) is 6.40. The molecule has 0 unspecified atom stereocenters. The molecule has 182 valence electrons. The molecule has 5 rings (SSSR count). The number of aromatic carboxylic acids is 1. The maximum absolute atomic E-state index is 12.5. The Labute approximate surface area is 208 Å². The minimum Gasteiger partial charge on any atom is -0.497 e. The van der Waals surface area contributed by atoms with Gasteiger partial charge < -0.3 is 25.0 Å². The van der Waals surface area contributed by atoms with E-state index in [1.807, 2.05) is 24.3 Å². The lowest BCUT2D eigenvalue weighted by atomic mass is 10.1. The summed E-state index contributed by atoms with van der Waals surface area (Å²) < 4.78 is 5.34. The number of fused-ring (bicyclic) bond motifs is 1. The highest BCUT2D eigenvalue weighted by Crippen LogP contribution is 2.28. The van der Waals surface area contributed by atoms with Gasteiger partial charge >= 0.3 is 5.97 Å². The summed E-state index contributed by atoms with van der Waals surface area (Å²) in [5.74, 6) is 0.151. The molecule has 8 nitrogen and oxygen atoms in total. The molecule has 0 bridgehead atoms. The maximum Gasteiger partial charge on any atom is 0.336 e. The Hall–Kier alpha value is -4.59. The topological polar surface area (TPSA) is 95.0 Å². The summed E-state index contributed by atoms with van der Waals surface area (Å²) in [7, 11) is 1.66. The van der Waals surface area contributed by atoms with Crippen molar-refractivity contribution in [1.29, 1.82) is 0 Å². The molecule has 0 radical (unpaired) electrons. The van der Waals surface area contributed by atoms with Crippen molar-refractivity contribution in [3.8, 4) is 5.75 Å². The number of ether oxygens (including phenoxy) is 1. The molecule has 1 aromatic heterocycles. The molecular formula is C28H26N4O4. The van der Waals surface area contributed by atoms with Gasteiger partial charge in [-0.05, 0) is 48.5 Å². The number of carbonyl (C=O) groups excluding carboxylic acids is 1. The molecule has 2 N–H and O–H groups in total. The van der Waals surface area contributed by atoms with Crippen LogP contribution in [-0.2, 0) is 0 Å². The van der Waals surface area contributed by atoms with Gasteiger partial charge in [0.15, 0.2) is 0 Å². The van der Waals surface area contributed by atoms with Crippen LogP contribution in [0.4, 0.5) is 17.2 Å². The van der Waals surface area contributed by atoms with Gasteiger partial charge in [-0.15, -0.1) is 0 Å². The van der Waals surface area contributed by atoms with Crippen molar-refractivity contribution in [1.82, 2.24) is 4.98 Å². The molecule has 1 saturated heterocycles. The first-order valence-electron chi connectivity index (χ1n) is 11.7. The molecule has 1 aliphatic heterocycles. The van der Waals surface area contributed by atoms with Crippen LogP contribution in [0.2, 0.25) is 0 Å². The number of methoxy groups -OCH3 is 1. The fourth-order valence-corrected chi connectivity index (χ4v) is 4.42. The molecule has 0 saturated carbocycles. The second-order valence-corrected chi connectivity index (χ2v) is 8.56. The summed E-state index contributed by atoms with van der Waals surface area (Å²) >= 11 is 0. The van der Waals surface area contributed by atoms with E-state index in [-0.39, 0.29) is 11.5 Å². The van der Waals surface area contributed by atoms with Crippen molar-refractivity contribution in [2.45, 2.75) is 0 Å². The number of rotatable bonds is 6. The highest BCUT2D eigenvalue weighted by atomic mass is 16.5. The largest absolute Gasteiger partial charge is 0.497 e. The van der Waals surface area contributed by atoms with Gasteiger partial charge in [-0.25, -0.2) is 9.78 Å². The molecule has 2 heterocycles. The predicted molar refractivity (Wildman–Crippen MR) is 141 cm³/mol. The number of carbonyl (C=O) groups is 2. The van der Waals surface area contributed by atoms with Gasteiger partial charge in [-0.1, -0.05) is 24.3 Å². The standard InChI is InChI=1S/C28H26N4O4/c1-36-22-9-5-8-21(17-22)31-12-14-32(15-13-31)26-18-24(28(34)35)23-16-20(10-11-25(23)30-26)29-27(33)19-6-3-2-4-7-19/h2-11,16-18H,12-15H2,1H3,(H,29,33)(H,34,35). The lowest BCUT2D eigenvalue weighted by Crippen LogP contribution is -2.46. The highest BCUT2D eigenvalue weighted by Gasteiger charge is 2.21. The number of benzene rings is 3. The Morgan fingerprint density at radius 3 is 2.36 bits per heavy atom. The van der Waals surface area contributed by atoms with E-state index in [1.165, 1.54) is 0 Å². The number of carboxylic acids is 1. The van der Waals surface area contributed by atoms with Crippen molar-refractivity contribution >= 4 is 40.0 Å². The van der Waals surface area contributed by atoms with Crippen LogP contribution in [0.3, 0.4) is 0 Å². The van der Waals surface area contributed by atoms with Gasteiger partial charge in [0.25, 0.3) is 5.91 Å². The van der Waals surface area contributed by atoms with Crippen LogP contribution in [-0.4, -0.2) is 55.3 Å². The summed E-state index contributed by atoms with van der Waals surface area (Å²) in [6, 6.07) is 23.6. The highest BCUT2D eigenvalue weighted by molar-refractivity contribution is 6.08. The van der Waals surface area contributed by atoms with E-state index in [9.17, 15) is 14.7 Å².